The zero-order chi connectivity index (χ0) is 17.2. The Morgan fingerprint density at radius 1 is 0.920 bits per heavy atom. The molecule has 2 aromatic carbocycles. The third kappa shape index (κ3) is 3.02. The quantitative estimate of drug-likeness (QED) is 0.436. The lowest BCUT2D eigenvalue weighted by atomic mass is 10.0. The minimum Gasteiger partial charge on any atom is -0.480 e. The maximum absolute atomic E-state index is 11.7. The van der Waals surface area contributed by atoms with E-state index in [0.717, 1.165) is 32.9 Å². The third-order valence-corrected chi connectivity index (χ3v) is 4.61. The molecule has 4 aromatic rings. The average Bonchev–Trinajstić information content (AvgIpc) is 3.22. The predicted molar refractivity (Wildman–Crippen MR) is 98.6 cm³/mol. The van der Waals surface area contributed by atoms with Crippen molar-refractivity contribution in [2.45, 2.75) is 19.0 Å². The SMILES string of the molecule is O=C(O)[C@H](Cc1c[nH]c2ccccc12)NCc1c[nH]c2ccccc12. The topological polar surface area (TPSA) is 80.9 Å². The summed E-state index contributed by atoms with van der Waals surface area (Å²) in [6.07, 6.45) is 4.26. The molecule has 0 spiro atoms. The Morgan fingerprint density at radius 3 is 2.12 bits per heavy atom. The normalized spacial score (nSPS) is 12.6. The van der Waals surface area contributed by atoms with Crippen molar-refractivity contribution in [1.29, 1.82) is 0 Å². The summed E-state index contributed by atoms with van der Waals surface area (Å²) in [6, 6.07) is 15.3. The highest BCUT2D eigenvalue weighted by Gasteiger charge is 2.19. The van der Waals surface area contributed by atoms with Crippen LogP contribution in [-0.2, 0) is 17.8 Å². The van der Waals surface area contributed by atoms with Crippen molar-refractivity contribution in [2.75, 3.05) is 0 Å². The van der Waals surface area contributed by atoms with Crippen LogP contribution in [0.2, 0.25) is 0 Å². The molecule has 0 bridgehead atoms. The van der Waals surface area contributed by atoms with Gasteiger partial charge in [0.05, 0.1) is 0 Å². The van der Waals surface area contributed by atoms with Crippen LogP contribution < -0.4 is 5.32 Å². The van der Waals surface area contributed by atoms with Crippen LogP contribution in [0.4, 0.5) is 0 Å². The summed E-state index contributed by atoms with van der Waals surface area (Å²) < 4.78 is 0. The molecule has 1 atom stereocenters. The molecule has 0 amide bonds. The number of aromatic nitrogens is 2. The van der Waals surface area contributed by atoms with E-state index in [-0.39, 0.29) is 0 Å². The average molecular weight is 333 g/mol. The second kappa shape index (κ2) is 6.45. The van der Waals surface area contributed by atoms with Gasteiger partial charge in [0.2, 0.25) is 0 Å². The van der Waals surface area contributed by atoms with Crippen LogP contribution in [0.1, 0.15) is 11.1 Å². The Morgan fingerprint density at radius 2 is 1.48 bits per heavy atom. The minimum atomic E-state index is -0.842. The molecule has 126 valence electrons. The van der Waals surface area contributed by atoms with Gasteiger partial charge in [-0.1, -0.05) is 36.4 Å². The van der Waals surface area contributed by atoms with Gasteiger partial charge in [0.15, 0.2) is 0 Å². The summed E-state index contributed by atoms with van der Waals surface area (Å²) in [5.74, 6) is -0.842. The molecule has 0 saturated carbocycles. The van der Waals surface area contributed by atoms with Crippen LogP contribution in [0, 0.1) is 0 Å². The van der Waals surface area contributed by atoms with Crippen LogP contribution >= 0.6 is 0 Å². The van der Waals surface area contributed by atoms with Gasteiger partial charge in [-0.15, -0.1) is 0 Å². The first kappa shape index (κ1) is 15.5. The van der Waals surface area contributed by atoms with E-state index < -0.39 is 12.0 Å². The predicted octanol–water partition coefficient (Wildman–Crippen LogP) is 3.43. The summed E-state index contributed by atoms with van der Waals surface area (Å²) >= 11 is 0. The molecular weight excluding hydrogens is 314 g/mol. The highest BCUT2D eigenvalue weighted by molar-refractivity contribution is 5.85. The van der Waals surface area contributed by atoms with Gasteiger partial charge >= 0.3 is 5.97 Å². The molecule has 2 aromatic heterocycles. The van der Waals surface area contributed by atoms with E-state index in [4.69, 9.17) is 0 Å². The van der Waals surface area contributed by atoms with Gasteiger partial charge in [0.1, 0.15) is 6.04 Å². The van der Waals surface area contributed by atoms with E-state index in [1.165, 1.54) is 0 Å². The largest absolute Gasteiger partial charge is 0.480 e. The molecule has 0 unspecified atom stereocenters. The fraction of sp³-hybridized carbons (Fsp3) is 0.150. The zero-order valence-electron chi connectivity index (χ0n) is 13.6. The van der Waals surface area contributed by atoms with Gasteiger partial charge in [-0.05, 0) is 23.3 Å². The van der Waals surface area contributed by atoms with E-state index in [1.807, 2.05) is 60.9 Å². The maximum atomic E-state index is 11.7. The molecule has 5 heteroatoms. The van der Waals surface area contributed by atoms with Gasteiger partial charge in [-0.3, -0.25) is 10.1 Å². The summed E-state index contributed by atoms with van der Waals surface area (Å²) in [4.78, 5) is 18.1. The molecule has 25 heavy (non-hydrogen) atoms. The molecule has 4 rings (SSSR count). The second-order valence-electron chi connectivity index (χ2n) is 6.19. The molecule has 5 nitrogen and oxygen atoms in total. The lowest BCUT2D eigenvalue weighted by Crippen LogP contribution is -2.38. The van der Waals surface area contributed by atoms with E-state index in [0.29, 0.717) is 13.0 Å². The van der Waals surface area contributed by atoms with E-state index >= 15 is 0 Å². The first-order valence-electron chi connectivity index (χ1n) is 8.28. The molecular formula is C20H19N3O2. The van der Waals surface area contributed by atoms with E-state index in [2.05, 4.69) is 15.3 Å². The third-order valence-electron chi connectivity index (χ3n) is 4.61. The molecule has 0 radical (unpaired) electrons. The monoisotopic (exact) mass is 333 g/mol. The molecule has 0 saturated heterocycles. The van der Waals surface area contributed by atoms with Crippen molar-refractivity contribution >= 4 is 27.8 Å². The first-order valence-corrected chi connectivity index (χ1v) is 8.28. The Labute approximate surface area is 144 Å². The maximum Gasteiger partial charge on any atom is 0.321 e. The zero-order valence-corrected chi connectivity index (χ0v) is 13.6. The van der Waals surface area contributed by atoms with E-state index in [1.54, 1.807) is 0 Å². The van der Waals surface area contributed by atoms with Crippen molar-refractivity contribution in [2.24, 2.45) is 0 Å². The van der Waals surface area contributed by atoms with Crippen molar-refractivity contribution in [3.63, 3.8) is 0 Å². The number of H-pyrrole nitrogens is 2. The van der Waals surface area contributed by atoms with Gasteiger partial charge in [-0.2, -0.15) is 0 Å². The molecule has 2 heterocycles. The van der Waals surface area contributed by atoms with E-state index in [9.17, 15) is 9.90 Å². The summed E-state index contributed by atoms with van der Waals surface area (Å²) in [6.45, 7) is 0.503. The van der Waals surface area contributed by atoms with Crippen LogP contribution in [0.5, 0.6) is 0 Å². The molecule has 0 aliphatic rings. The minimum absolute atomic E-state index is 0.432. The molecule has 4 N–H and O–H groups in total. The number of rotatable bonds is 6. The van der Waals surface area contributed by atoms with Crippen LogP contribution in [0.3, 0.4) is 0 Å². The van der Waals surface area contributed by atoms with Crippen molar-refractivity contribution in [3.05, 3.63) is 72.1 Å². The number of carbonyl (C=O) groups is 1. The summed E-state index contributed by atoms with van der Waals surface area (Å²) in [5.41, 5.74) is 4.16. The number of nitrogens with one attached hydrogen (secondary N) is 3. The van der Waals surface area contributed by atoms with Crippen LogP contribution in [0.15, 0.2) is 60.9 Å². The number of hydrogen-bond acceptors (Lipinski definition) is 2. The van der Waals surface area contributed by atoms with Gasteiger partial charge < -0.3 is 15.1 Å². The highest BCUT2D eigenvalue weighted by atomic mass is 16.4. The van der Waals surface area contributed by atoms with Crippen molar-refractivity contribution in [1.82, 2.24) is 15.3 Å². The molecule has 0 fully saturated rings. The fourth-order valence-electron chi connectivity index (χ4n) is 3.28. The number of para-hydroxylation sites is 2. The first-order chi connectivity index (χ1) is 12.2. The summed E-state index contributed by atoms with van der Waals surface area (Å²) in [7, 11) is 0. The number of carboxylic acids is 1. The smallest absolute Gasteiger partial charge is 0.321 e. The number of carboxylic acid groups (broad SMARTS) is 1. The number of benzene rings is 2. The van der Waals surface area contributed by atoms with Gasteiger partial charge in [-0.25, -0.2) is 0 Å². The Balaban J connectivity index is 1.53. The Hall–Kier alpha value is -3.05. The van der Waals surface area contributed by atoms with Gasteiger partial charge in [0, 0.05) is 47.2 Å². The fourth-order valence-corrected chi connectivity index (χ4v) is 3.28. The number of aromatic amines is 2. The van der Waals surface area contributed by atoms with Crippen molar-refractivity contribution < 1.29 is 9.90 Å². The van der Waals surface area contributed by atoms with Crippen LogP contribution in [-0.4, -0.2) is 27.1 Å². The lowest BCUT2D eigenvalue weighted by Gasteiger charge is -2.14. The second-order valence-corrected chi connectivity index (χ2v) is 6.19. The molecule has 0 aliphatic carbocycles. The van der Waals surface area contributed by atoms with Gasteiger partial charge in [0.25, 0.3) is 0 Å². The number of hydrogen-bond donors (Lipinski definition) is 4. The summed E-state index contributed by atoms with van der Waals surface area (Å²) in [5, 5.41) is 15.0. The van der Waals surface area contributed by atoms with Crippen molar-refractivity contribution in [3.8, 4) is 0 Å². The number of fused-ring (bicyclic) bond motifs is 2. The highest BCUT2D eigenvalue weighted by Crippen LogP contribution is 2.20. The van der Waals surface area contributed by atoms with Crippen LogP contribution in [0.25, 0.3) is 21.8 Å². The molecule has 0 aliphatic heterocycles. The standard InChI is InChI=1S/C20H19N3O2/c24-20(25)19(9-13-10-21-17-7-3-1-5-15(13)17)23-12-14-11-22-18-8-4-2-6-16(14)18/h1-8,10-11,19,21-23H,9,12H2,(H,24,25)/t19-/m0/s1. The Kier molecular flexibility index (Phi) is 3.99. The lowest BCUT2D eigenvalue weighted by molar-refractivity contribution is -0.139. The number of aliphatic carboxylic acids is 1. The Bertz CT molecular complexity index is 1030.